The Labute approximate surface area is 239 Å². The van der Waals surface area contributed by atoms with Crippen molar-refractivity contribution in [2.24, 2.45) is 0 Å². The Morgan fingerprint density at radius 2 is 1.32 bits per heavy atom. The molecule has 0 aliphatic rings. The molecule has 0 aliphatic heterocycles. The van der Waals surface area contributed by atoms with E-state index < -0.39 is 40.9 Å². The van der Waals surface area contributed by atoms with Crippen LogP contribution in [0.2, 0.25) is 0 Å². The van der Waals surface area contributed by atoms with Crippen LogP contribution in [0, 0.1) is 19.8 Å². The molecule has 1 heterocycles. The summed E-state index contributed by atoms with van der Waals surface area (Å²) in [5.74, 6) is -0.552. The molecule has 2 amide bonds. The maximum absolute atomic E-state index is 14.8. The number of carbonyl (C=O) groups excluding carboxylic acids is 3. The molecule has 0 unspecified atom stereocenters. The zero-order valence-corrected chi connectivity index (χ0v) is 25.1. The second-order valence-corrected chi connectivity index (χ2v) is 10.9. The average Bonchev–Trinajstić information content (AvgIpc) is 2.97. The number of hydrogen-bond acceptors (Lipinski definition) is 6. The van der Waals surface area contributed by atoms with Gasteiger partial charge in [0.05, 0.1) is 5.52 Å². The van der Waals surface area contributed by atoms with Crippen molar-refractivity contribution in [3.05, 3.63) is 49.7 Å². The molecule has 0 spiro atoms. The van der Waals surface area contributed by atoms with E-state index in [4.69, 9.17) is 14.2 Å². The van der Waals surface area contributed by atoms with Gasteiger partial charge in [0.2, 0.25) is 0 Å². The van der Waals surface area contributed by atoms with E-state index in [9.17, 15) is 18.8 Å². The molecule has 0 bridgehead atoms. The van der Waals surface area contributed by atoms with Crippen LogP contribution in [0.3, 0.4) is 0 Å². The molecule has 0 saturated heterocycles. The second-order valence-electron chi connectivity index (χ2n) is 10.9. The smallest absolute Gasteiger partial charge is 0.419 e. The number of ether oxygens (including phenoxy) is 3. The maximum Gasteiger partial charge on any atom is 0.419 e. The van der Waals surface area contributed by atoms with Crippen molar-refractivity contribution in [2.75, 3.05) is 0 Å². The van der Waals surface area contributed by atoms with E-state index in [1.54, 1.807) is 68.4 Å². The van der Waals surface area contributed by atoms with Crippen molar-refractivity contribution in [2.45, 2.75) is 85.5 Å². The van der Waals surface area contributed by atoms with Gasteiger partial charge in [0.1, 0.15) is 22.6 Å². The van der Waals surface area contributed by atoms with Gasteiger partial charge in [-0.25, -0.2) is 25.3 Å². The molecule has 37 heavy (non-hydrogen) atoms. The molecule has 2 aromatic rings. The monoisotopic (exact) mass is 610 g/mol. The summed E-state index contributed by atoms with van der Waals surface area (Å²) in [7, 11) is 0. The fourth-order valence-corrected chi connectivity index (χ4v) is 2.97. The summed E-state index contributed by atoms with van der Waals surface area (Å²) in [5.41, 5.74) is -1.79. The molecule has 2 rings (SSSR count). The van der Waals surface area contributed by atoms with Gasteiger partial charge in [-0.05, 0) is 80.0 Å². The normalized spacial score (nSPS) is 11.4. The Hall–Kier alpha value is -2.09. The number of nitrogens with zero attached hydrogens (tertiary/aromatic N) is 2. The van der Waals surface area contributed by atoms with Crippen LogP contribution in [0.15, 0.2) is 24.4 Å². The molecule has 214 valence electrons. The molecule has 2 radical (unpaired) electrons. The van der Waals surface area contributed by atoms with E-state index in [0.29, 0.717) is 16.0 Å². The van der Waals surface area contributed by atoms with Crippen molar-refractivity contribution in [3.63, 3.8) is 0 Å². The van der Waals surface area contributed by atoms with E-state index in [2.05, 4.69) is 0 Å². The summed E-state index contributed by atoms with van der Waals surface area (Å²) in [4.78, 5) is 38.9. The van der Waals surface area contributed by atoms with Crippen LogP contribution in [0.1, 0.15) is 67.9 Å². The minimum Gasteiger partial charge on any atom is -0.445 e. The maximum atomic E-state index is 14.8. The largest absolute Gasteiger partial charge is 0.445 e. The zero-order chi connectivity index (χ0) is 26.1. The number of halogens is 1. The van der Waals surface area contributed by atoms with Crippen molar-refractivity contribution in [1.82, 2.24) is 9.47 Å². The fraction of sp³-hybridized carbons (Fsp3) is 0.500. The summed E-state index contributed by atoms with van der Waals surface area (Å²) in [5, 5.41) is 0.179. The van der Waals surface area contributed by atoms with Gasteiger partial charge in [0.25, 0.3) is 0 Å². The molecule has 0 N–H and O–H groups in total. The van der Waals surface area contributed by atoms with E-state index in [1.807, 2.05) is 0 Å². The molecule has 0 saturated carbocycles. The Morgan fingerprint density at radius 3 is 1.76 bits per heavy atom. The third-order valence-corrected chi connectivity index (χ3v) is 4.12. The standard InChI is InChI=1S/C25H34FN2O6.CH3.2Co/c1-23(2,3)32-20(29)27(21(30)33-24(4,5)6)14-13-16-15-28(22(31)34-25(7,8)9)18-12-10-11-17(26)19(16)18;;;/h10-12,14-15H,13H2,1-9H3;1H3;;/q2*-1;;. The van der Waals surface area contributed by atoms with Crippen LogP contribution in [0.4, 0.5) is 18.8 Å². The van der Waals surface area contributed by atoms with Crippen LogP contribution >= 0.6 is 0 Å². The van der Waals surface area contributed by atoms with Crippen molar-refractivity contribution in [3.8, 4) is 0 Å². The summed E-state index contributed by atoms with van der Waals surface area (Å²) >= 11 is 0. The van der Waals surface area contributed by atoms with Crippen molar-refractivity contribution < 1.29 is 66.5 Å². The van der Waals surface area contributed by atoms with E-state index in [-0.39, 0.29) is 52.8 Å². The van der Waals surface area contributed by atoms with Crippen molar-refractivity contribution in [1.29, 1.82) is 0 Å². The molecule has 0 atom stereocenters. The molecule has 0 aliphatic carbocycles. The molecule has 11 heteroatoms. The number of hydrogen-bond donors (Lipinski definition) is 0. The first-order valence-corrected chi connectivity index (χ1v) is 11.0. The molecule has 8 nitrogen and oxygen atoms in total. The van der Waals surface area contributed by atoms with Crippen molar-refractivity contribution >= 4 is 29.2 Å². The summed E-state index contributed by atoms with van der Waals surface area (Å²) in [6.45, 7) is 16.4. The van der Waals surface area contributed by atoms with Gasteiger partial charge >= 0.3 is 18.3 Å². The van der Waals surface area contributed by atoms with Gasteiger partial charge in [0, 0.05) is 45.1 Å². The molecular weight excluding hydrogens is 573 g/mol. The predicted molar refractivity (Wildman–Crippen MR) is 132 cm³/mol. The quantitative estimate of drug-likeness (QED) is 0.278. The number of aromatic nitrogens is 1. The van der Waals surface area contributed by atoms with E-state index in [0.717, 1.165) is 0 Å². The summed E-state index contributed by atoms with van der Waals surface area (Å²) in [6.07, 6.45) is -1.17. The number of rotatable bonds is 3. The first-order valence-electron chi connectivity index (χ1n) is 11.0. The average molecular weight is 610 g/mol. The summed E-state index contributed by atoms with van der Waals surface area (Å²) < 4.78 is 32.1. The second kappa shape index (κ2) is 13.6. The van der Waals surface area contributed by atoms with Gasteiger partial charge in [0.15, 0.2) is 0 Å². The SMILES string of the molecule is CC(C)(C)OC(=O)N([CH-]Cc1cn(C(=O)OC(C)(C)C)c2cccc(F)c12)C(=O)OC(C)(C)C.[CH3-].[Co].[Co]. The van der Waals surface area contributed by atoms with Gasteiger partial charge in [-0.3, -0.25) is 4.57 Å². The van der Waals surface area contributed by atoms with Gasteiger partial charge in [-0.1, -0.05) is 6.07 Å². The first-order chi connectivity index (χ1) is 15.4. The minimum atomic E-state index is -0.932. The Kier molecular flexibility index (Phi) is 13.7. The Morgan fingerprint density at radius 1 is 0.865 bits per heavy atom. The predicted octanol–water partition coefficient (Wildman–Crippen LogP) is 6.89. The van der Waals surface area contributed by atoms with Crippen LogP contribution < -0.4 is 0 Å². The van der Waals surface area contributed by atoms with Crippen LogP contribution in [-0.4, -0.2) is 44.5 Å². The third kappa shape index (κ3) is 11.0. The Bertz CT molecular complexity index is 1050. The minimum absolute atomic E-state index is 0. The molecule has 1 aromatic carbocycles. The van der Waals surface area contributed by atoms with E-state index >= 15 is 0 Å². The molecule has 0 fully saturated rings. The number of fused-ring (bicyclic) bond motifs is 1. The van der Waals surface area contributed by atoms with Crippen LogP contribution in [0.25, 0.3) is 10.9 Å². The number of carbonyl (C=O) groups is 3. The first kappa shape index (κ1) is 37.1. The van der Waals surface area contributed by atoms with Gasteiger partial charge < -0.3 is 26.5 Å². The zero-order valence-electron chi connectivity index (χ0n) is 23.0. The van der Waals surface area contributed by atoms with Gasteiger partial charge in [-0.15, -0.1) is 6.42 Å². The van der Waals surface area contributed by atoms with Crippen LogP contribution in [-0.2, 0) is 54.2 Å². The van der Waals surface area contributed by atoms with E-state index in [1.165, 1.54) is 29.4 Å². The molecule has 1 aromatic heterocycles. The topological polar surface area (TPSA) is 87.1 Å². The summed E-state index contributed by atoms with van der Waals surface area (Å²) in [6, 6.07) is 4.34. The van der Waals surface area contributed by atoms with Gasteiger partial charge in [-0.2, -0.15) is 0 Å². The third-order valence-electron chi connectivity index (χ3n) is 4.12. The Balaban J connectivity index is 0. The number of imide groups is 1. The van der Waals surface area contributed by atoms with Crippen LogP contribution in [0.5, 0.6) is 0 Å². The number of benzene rings is 1. The molecular formula is C26H37Co2FN2O6-2. The fourth-order valence-electron chi connectivity index (χ4n) is 2.97. The number of amides is 2.